The van der Waals surface area contributed by atoms with E-state index >= 15 is 0 Å². The third-order valence-corrected chi connectivity index (χ3v) is 6.91. The normalized spacial score (nSPS) is 10.7. The Kier molecular flexibility index (Phi) is 8.50. The van der Waals surface area contributed by atoms with E-state index in [1.54, 1.807) is 18.7 Å². The summed E-state index contributed by atoms with van der Waals surface area (Å²) >= 11 is 6.05. The Hall–Kier alpha value is -3.22. The van der Waals surface area contributed by atoms with E-state index < -0.39 is 0 Å². The average molecular weight is 573 g/mol. The van der Waals surface area contributed by atoms with E-state index in [2.05, 4.69) is 41.7 Å². The van der Waals surface area contributed by atoms with Gasteiger partial charge in [0, 0.05) is 21.7 Å². The molecule has 0 spiro atoms. The van der Waals surface area contributed by atoms with Crippen molar-refractivity contribution in [1.82, 2.24) is 25.1 Å². The number of hydrogen-bond acceptors (Lipinski definition) is 8. The van der Waals surface area contributed by atoms with Gasteiger partial charge in [-0.1, -0.05) is 39.8 Å². The van der Waals surface area contributed by atoms with Gasteiger partial charge < -0.3 is 15.4 Å². The van der Waals surface area contributed by atoms with Crippen molar-refractivity contribution in [2.45, 2.75) is 18.1 Å². The number of nitrogens with one attached hydrogen (secondary N) is 2. The van der Waals surface area contributed by atoms with Crippen LogP contribution in [-0.4, -0.2) is 44.4 Å². The number of amides is 2. The number of carbonyl (C=O) groups excluding carboxylic acids is 2. The number of methoxy groups -OCH3 is 1. The van der Waals surface area contributed by atoms with Crippen LogP contribution in [0.1, 0.15) is 11.4 Å². The maximum atomic E-state index is 12.5. The Balaban J connectivity index is 1.44. The highest BCUT2D eigenvalue weighted by Gasteiger charge is 2.17. The van der Waals surface area contributed by atoms with Crippen LogP contribution in [0.25, 0.3) is 5.69 Å². The molecule has 0 fully saturated rings. The maximum Gasteiger partial charge on any atom is 0.236 e. The number of ether oxygens (including phenoxy) is 1. The first-order valence-electron chi connectivity index (χ1n) is 10.4. The van der Waals surface area contributed by atoms with E-state index in [1.165, 1.54) is 23.1 Å². The zero-order chi connectivity index (χ0) is 24.6. The van der Waals surface area contributed by atoms with Crippen LogP contribution in [0.3, 0.4) is 0 Å². The molecular formula is C23H21BrN6O3S2. The van der Waals surface area contributed by atoms with E-state index in [1.807, 2.05) is 53.1 Å². The zero-order valence-corrected chi connectivity index (χ0v) is 21.8. The van der Waals surface area contributed by atoms with E-state index in [0.717, 1.165) is 21.5 Å². The van der Waals surface area contributed by atoms with Crippen molar-refractivity contribution < 1.29 is 14.3 Å². The summed E-state index contributed by atoms with van der Waals surface area (Å²) < 4.78 is 7.92. The van der Waals surface area contributed by atoms with E-state index in [4.69, 9.17) is 4.74 Å². The number of benzene rings is 2. The largest absolute Gasteiger partial charge is 0.497 e. The molecule has 0 bridgehead atoms. The van der Waals surface area contributed by atoms with E-state index in [-0.39, 0.29) is 30.5 Å². The third-order valence-electron chi connectivity index (χ3n) is 4.76. The molecule has 180 valence electrons. The third kappa shape index (κ3) is 6.90. The molecule has 0 aliphatic rings. The number of carbonyl (C=O) groups is 2. The molecule has 4 rings (SSSR count). The molecule has 0 atom stereocenters. The van der Waals surface area contributed by atoms with Gasteiger partial charge in [-0.3, -0.25) is 14.2 Å². The van der Waals surface area contributed by atoms with Crippen molar-refractivity contribution >= 4 is 56.0 Å². The first-order chi connectivity index (χ1) is 17.0. The minimum Gasteiger partial charge on any atom is -0.497 e. The molecular weight excluding hydrogens is 552 g/mol. The van der Waals surface area contributed by atoms with Gasteiger partial charge in [0.2, 0.25) is 11.8 Å². The van der Waals surface area contributed by atoms with Gasteiger partial charge in [-0.25, -0.2) is 4.98 Å². The SMILES string of the molecule is COc1ccc(CC(=O)NCc2nnc(SCC(=O)Nc3nccs3)n2-c2ccc(Br)cc2)cc1. The lowest BCUT2D eigenvalue weighted by molar-refractivity contribution is -0.120. The van der Waals surface area contributed by atoms with Crippen LogP contribution in [-0.2, 0) is 22.6 Å². The lowest BCUT2D eigenvalue weighted by Crippen LogP contribution is -2.26. The molecule has 2 aromatic carbocycles. The van der Waals surface area contributed by atoms with Crippen molar-refractivity contribution in [3.63, 3.8) is 0 Å². The van der Waals surface area contributed by atoms with Crippen molar-refractivity contribution in [3.8, 4) is 11.4 Å². The Labute approximate surface area is 218 Å². The fourth-order valence-electron chi connectivity index (χ4n) is 3.10. The predicted molar refractivity (Wildman–Crippen MR) is 139 cm³/mol. The second-order valence-corrected chi connectivity index (χ2v) is 9.94. The van der Waals surface area contributed by atoms with Crippen LogP contribution in [0.5, 0.6) is 5.75 Å². The second-order valence-electron chi connectivity index (χ2n) is 7.19. The summed E-state index contributed by atoms with van der Waals surface area (Å²) in [6.45, 7) is 0.184. The highest BCUT2D eigenvalue weighted by atomic mass is 79.9. The van der Waals surface area contributed by atoms with Crippen molar-refractivity contribution in [1.29, 1.82) is 0 Å². The van der Waals surface area contributed by atoms with Crippen LogP contribution in [0, 0.1) is 0 Å². The minimum atomic E-state index is -0.190. The zero-order valence-electron chi connectivity index (χ0n) is 18.6. The van der Waals surface area contributed by atoms with Crippen molar-refractivity contribution in [3.05, 3.63) is 76.0 Å². The molecule has 2 aromatic heterocycles. The number of nitrogens with zero attached hydrogens (tertiary/aromatic N) is 4. The topological polar surface area (TPSA) is 111 Å². The van der Waals surface area contributed by atoms with Crippen LogP contribution < -0.4 is 15.4 Å². The van der Waals surface area contributed by atoms with Gasteiger partial charge in [0.25, 0.3) is 0 Å². The van der Waals surface area contributed by atoms with Crippen LogP contribution in [0.2, 0.25) is 0 Å². The average Bonchev–Trinajstić information content (AvgIpc) is 3.52. The number of rotatable bonds is 10. The van der Waals surface area contributed by atoms with Crippen LogP contribution >= 0.6 is 39.0 Å². The maximum absolute atomic E-state index is 12.5. The highest BCUT2D eigenvalue weighted by molar-refractivity contribution is 9.10. The molecule has 0 radical (unpaired) electrons. The fourth-order valence-corrected chi connectivity index (χ4v) is 4.68. The molecule has 0 aliphatic heterocycles. The summed E-state index contributed by atoms with van der Waals surface area (Å²) in [6, 6.07) is 15.0. The minimum absolute atomic E-state index is 0.137. The molecule has 35 heavy (non-hydrogen) atoms. The molecule has 2 amide bonds. The summed E-state index contributed by atoms with van der Waals surface area (Å²) in [4.78, 5) is 28.9. The Bertz CT molecular complexity index is 1280. The number of aromatic nitrogens is 4. The first kappa shape index (κ1) is 24.9. The Morgan fingerprint density at radius 1 is 1.09 bits per heavy atom. The van der Waals surface area contributed by atoms with Gasteiger partial charge in [0.1, 0.15) is 5.75 Å². The summed E-state index contributed by atoms with van der Waals surface area (Å²) in [5, 5.41) is 17.1. The highest BCUT2D eigenvalue weighted by Crippen LogP contribution is 2.24. The lowest BCUT2D eigenvalue weighted by atomic mass is 10.1. The molecule has 12 heteroatoms. The molecule has 0 saturated heterocycles. The fraction of sp³-hybridized carbons (Fsp3) is 0.174. The number of halogens is 1. The van der Waals surface area contributed by atoms with Gasteiger partial charge in [0.05, 0.1) is 25.8 Å². The Morgan fingerprint density at radius 3 is 2.54 bits per heavy atom. The van der Waals surface area contributed by atoms with Gasteiger partial charge >= 0.3 is 0 Å². The quantitative estimate of drug-likeness (QED) is 0.275. The monoisotopic (exact) mass is 572 g/mol. The van der Waals surface area contributed by atoms with Crippen LogP contribution in [0.15, 0.2) is 69.7 Å². The van der Waals surface area contributed by atoms with Gasteiger partial charge in [0.15, 0.2) is 16.1 Å². The van der Waals surface area contributed by atoms with E-state index in [0.29, 0.717) is 16.1 Å². The van der Waals surface area contributed by atoms with Gasteiger partial charge in [-0.05, 0) is 42.0 Å². The molecule has 0 aliphatic carbocycles. The Morgan fingerprint density at radius 2 is 1.86 bits per heavy atom. The molecule has 4 aromatic rings. The molecule has 0 unspecified atom stereocenters. The van der Waals surface area contributed by atoms with Crippen molar-refractivity contribution in [2.75, 3.05) is 18.2 Å². The summed E-state index contributed by atoms with van der Waals surface area (Å²) in [7, 11) is 1.60. The number of anilines is 1. The van der Waals surface area contributed by atoms with Gasteiger partial charge in [-0.2, -0.15) is 0 Å². The van der Waals surface area contributed by atoms with Gasteiger partial charge in [-0.15, -0.1) is 21.5 Å². The number of hydrogen-bond donors (Lipinski definition) is 2. The lowest BCUT2D eigenvalue weighted by Gasteiger charge is -2.11. The number of thioether (sulfide) groups is 1. The van der Waals surface area contributed by atoms with Crippen LogP contribution in [0.4, 0.5) is 5.13 Å². The molecule has 2 N–H and O–H groups in total. The molecule has 0 saturated carbocycles. The van der Waals surface area contributed by atoms with E-state index in [9.17, 15) is 9.59 Å². The predicted octanol–water partition coefficient (Wildman–Crippen LogP) is 4.08. The summed E-state index contributed by atoms with van der Waals surface area (Å²) in [5.74, 6) is 1.10. The van der Waals surface area contributed by atoms with Crippen molar-refractivity contribution in [2.24, 2.45) is 0 Å². The summed E-state index contributed by atoms with van der Waals surface area (Å²) in [5.41, 5.74) is 1.69. The number of thiazole rings is 1. The second kappa shape index (κ2) is 12.0. The first-order valence-corrected chi connectivity index (χ1v) is 13.1. The standard InChI is InChI=1S/C23H21BrN6O3S2/c1-33-18-8-2-15(3-9-18)12-20(31)26-13-19-28-29-23(30(19)17-6-4-16(24)5-7-17)35-14-21(32)27-22-25-10-11-34-22/h2-11H,12-14H2,1H3,(H,26,31)(H,25,27,32). The summed E-state index contributed by atoms with van der Waals surface area (Å²) in [6.07, 6.45) is 1.86. The smallest absolute Gasteiger partial charge is 0.236 e. The molecule has 2 heterocycles. The molecule has 9 nitrogen and oxygen atoms in total.